The van der Waals surface area contributed by atoms with Crippen LogP contribution in [0.25, 0.3) is 0 Å². The molecule has 0 aromatic rings. The van der Waals surface area contributed by atoms with Gasteiger partial charge >= 0.3 is 5.97 Å². The molecular formula is C77H153NO5. The molecule has 2 atom stereocenters. The van der Waals surface area contributed by atoms with Crippen LogP contribution in [0.3, 0.4) is 0 Å². The number of carbonyl (C=O) groups is 2. The summed E-state index contributed by atoms with van der Waals surface area (Å²) in [6.45, 7) is 5.01. The van der Waals surface area contributed by atoms with E-state index < -0.39 is 12.1 Å². The topological polar surface area (TPSA) is 95.9 Å². The molecule has 0 heterocycles. The predicted molar refractivity (Wildman–Crippen MR) is 366 cm³/mol. The second-order valence-corrected chi connectivity index (χ2v) is 27.1. The molecule has 83 heavy (non-hydrogen) atoms. The van der Waals surface area contributed by atoms with Crippen LogP contribution in [0.15, 0.2) is 0 Å². The summed E-state index contributed by atoms with van der Waals surface area (Å²) in [7, 11) is 0. The summed E-state index contributed by atoms with van der Waals surface area (Å²) in [6.07, 6.45) is 90.5. The summed E-state index contributed by atoms with van der Waals surface area (Å²) in [5.74, 6) is -0.00248. The molecule has 6 nitrogen and oxygen atoms in total. The van der Waals surface area contributed by atoms with E-state index in [4.69, 9.17) is 4.74 Å². The van der Waals surface area contributed by atoms with E-state index in [1.807, 2.05) is 0 Å². The van der Waals surface area contributed by atoms with Crippen molar-refractivity contribution in [2.45, 2.75) is 469 Å². The van der Waals surface area contributed by atoms with Crippen molar-refractivity contribution in [1.82, 2.24) is 5.32 Å². The van der Waals surface area contributed by atoms with E-state index in [-0.39, 0.29) is 18.5 Å². The Kier molecular flexibility index (Phi) is 72.3. The third-order valence-electron chi connectivity index (χ3n) is 18.7. The van der Waals surface area contributed by atoms with E-state index >= 15 is 0 Å². The van der Waals surface area contributed by atoms with Crippen LogP contribution in [0.1, 0.15) is 457 Å². The Bertz CT molecular complexity index is 1210. The Balaban J connectivity index is 3.33. The molecule has 0 aliphatic rings. The molecule has 0 bridgehead atoms. The van der Waals surface area contributed by atoms with Crippen molar-refractivity contribution in [3.8, 4) is 0 Å². The van der Waals surface area contributed by atoms with Gasteiger partial charge in [0.15, 0.2) is 0 Å². The Morgan fingerprint density at radius 1 is 0.289 bits per heavy atom. The Morgan fingerprint density at radius 3 is 0.735 bits per heavy atom. The molecule has 0 spiro atoms. The number of amides is 1. The first-order valence-corrected chi connectivity index (χ1v) is 38.8. The molecule has 0 saturated heterocycles. The average molecular weight is 1170 g/mol. The van der Waals surface area contributed by atoms with E-state index in [0.29, 0.717) is 25.9 Å². The summed E-state index contributed by atoms with van der Waals surface area (Å²) < 4.78 is 5.48. The van der Waals surface area contributed by atoms with Gasteiger partial charge in [0, 0.05) is 12.8 Å². The van der Waals surface area contributed by atoms with Gasteiger partial charge in [0.05, 0.1) is 25.4 Å². The van der Waals surface area contributed by atoms with Gasteiger partial charge in [-0.25, -0.2) is 0 Å². The highest BCUT2D eigenvalue weighted by Crippen LogP contribution is 2.20. The van der Waals surface area contributed by atoms with Gasteiger partial charge in [-0.3, -0.25) is 9.59 Å². The zero-order valence-corrected chi connectivity index (χ0v) is 57.0. The second kappa shape index (κ2) is 73.3. The lowest BCUT2D eigenvalue weighted by atomic mass is 10.0. The van der Waals surface area contributed by atoms with Crippen LogP contribution in [0.5, 0.6) is 0 Å². The summed E-state index contributed by atoms with van der Waals surface area (Å²) >= 11 is 0. The SMILES string of the molecule is CCCCCCCCCCCCCCCCCCCCCCCCCCC(O)C(CO)NC(=O)CCCCCCCCCCCCCCCCCCCCCCCCCCCCCCCCCOC(=O)CCCCCCCCCCCCC. The Hall–Kier alpha value is -1.14. The monoisotopic (exact) mass is 1170 g/mol. The molecule has 0 aliphatic carbocycles. The standard InChI is InChI=1S/C77H153NO5/c1-3-5-7-9-11-13-15-16-17-18-19-20-21-31-34-37-40-43-46-50-53-57-61-65-69-75(80)74(73-79)78-76(81)70-66-62-58-54-51-47-44-41-38-35-32-29-27-25-23-22-24-26-28-30-33-36-39-42-45-48-52-56-60-64-68-72-83-77(82)71-67-63-59-55-49-14-12-10-8-6-4-2/h74-75,79-80H,3-73H2,1-2H3,(H,78,81). The van der Waals surface area contributed by atoms with Gasteiger partial charge in [-0.2, -0.15) is 0 Å². The molecule has 0 aliphatic heterocycles. The third-order valence-corrected chi connectivity index (χ3v) is 18.7. The van der Waals surface area contributed by atoms with Crippen molar-refractivity contribution in [3.63, 3.8) is 0 Å². The number of ether oxygens (including phenoxy) is 1. The number of hydrogen-bond acceptors (Lipinski definition) is 5. The molecule has 0 radical (unpaired) electrons. The van der Waals surface area contributed by atoms with E-state index in [9.17, 15) is 19.8 Å². The van der Waals surface area contributed by atoms with E-state index in [0.717, 1.165) is 38.5 Å². The van der Waals surface area contributed by atoms with Crippen molar-refractivity contribution in [3.05, 3.63) is 0 Å². The van der Waals surface area contributed by atoms with Gasteiger partial charge < -0.3 is 20.3 Å². The van der Waals surface area contributed by atoms with Gasteiger partial charge in [0.1, 0.15) is 0 Å². The minimum Gasteiger partial charge on any atom is -0.466 e. The lowest BCUT2D eigenvalue weighted by Crippen LogP contribution is -2.45. The molecule has 0 aromatic carbocycles. The zero-order chi connectivity index (χ0) is 59.9. The van der Waals surface area contributed by atoms with Crippen LogP contribution < -0.4 is 5.32 Å². The lowest BCUT2D eigenvalue weighted by molar-refractivity contribution is -0.143. The van der Waals surface area contributed by atoms with Crippen LogP contribution in [-0.2, 0) is 14.3 Å². The van der Waals surface area contributed by atoms with Crippen LogP contribution in [0.2, 0.25) is 0 Å². The zero-order valence-electron chi connectivity index (χ0n) is 57.0. The van der Waals surface area contributed by atoms with E-state index in [2.05, 4.69) is 19.2 Å². The number of nitrogens with one attached hydrogen (secondary N) is 1. The average Bonchev–Trinajstić information content (AvgIpc) is 3.50. The predicted octanol–water partition coefficient (Wildman–Crippen LogP) is 25.3. The lowest BCUT2D eigenvalue weighted by Gasteiger charge is -2.22. The van der Waals surface area contributed by atoms with E-state index in [1.54, 1.807) is 0 Å². The summed E-state index contributed by atoms with van der Waals surface area (Å²) in [6, 6.07) is -0.538. The number of hydrogen-bond donors (Lipinski definition) is 3. The Labute approximate surface area is 521 Å². The van der Waals surface area contributed by atoms with Gasteiger partial charge in [-0.05, 0) is 25.7 Å². The van der Waals surface area contributed by atoms with Gasteiger partial charge in [-0.1, -0.05) is 418 Å². The van der Waals surface area contributed by atoms with Crippen molar-refractivity contribution >= 4 is 11.9 Å². The molecule has 3 N–H and O–H groups in total. The first kappa shape index (κ1) is 81.9. The summed E-state index contributed by atoms with van der Waals surface area (Å²) in [5, 5.41) is 23.5. The third kappa shape index (κ3) is 69.8. The van der Waals surface area contributed by atoms with Gasteiger partial charge in [0.25, 0.3) is 0 Å². The molecule has 0 fully saturated rings. The Morgan fingerprint density at radius 2 is 0.494 bits per heavy atom. The quantitative estimate of drug-likeness (QED) is 0.0417. The maximum Gasteiger partial charge on any atom is 0.305 e. The maximum atomic E-state index is 12.6. The summed E-state index contributed by atoms with van der Waals surface area (Å²) in [4.78, 5) is 24.6. The highest BCUT2D eigenvalue weighted by atomic mass is 16.5. The van der Waals surface area contributed by atoms with Crippen LogP contribution in [0.4, 0.5) is 0 Å². The van der Waals surface area contributed by atoms with E-state index in [1.165, 1.54) is 385 Å². The van der Waals surface area contributed by atoms with Gasteiger partial charge in [-0.15, -0.1) is 0 Å². The smallest absolute Gasteiger partial charge is 0.305 e. The number of unbranched alkanes of at least 4 members (excludes halogenated alkanes) is 63. The van der Waals surface area contributed by atoms with Gasteiger partial charge in [0.2, 0.25) is 5.91 Å². The molecule has 0 rings (SSSR count). The first-order valence-electron chi connectivity index (χ1n) is 38.8. The van der Waals surface area contributed by atoms with Crippen LogP contribution in [0, 0.1) is 0 Å². The normalized spacial score (nSPS) is 12.4. The summed E-state index contributed by atoms with van der Waals surface area (Å²) in [5.41, 5.74) is 0. The molecule has 6 heteroatoms. The highest BCUT2D eigenvalue weighted by Gasteiger charge is 2.20. The number of esters is 1. The van der Waals surface area contributed by atoms with Crippen molar-refractivity contribution < 1.29 is 24.5 Å². The molecular weight excluding hydrogens is 1020 g/mol. The number of rotatable bonds is 74. The molecule has 0 saturated carbocycles. The highest BCUT2D eigenvalue weighted by molar-refractivity contribution is 5.76. The fourth-order valence-electron chi connectivity index (χ4n) is 12.8. The molecule has 496 valence electrons. The largest absolute Gasteiger partial charge is 0.466 e. The molecule has 1 amide bonds. The fourth-order valence-corrected chi connectivity index (χ4v) is 12.8. The second-order valence-electron chi connectivity index (χ2n) is 27.1. The minimum atomic E-state index is -0.662. The molecule has 2 unspecified atom stereocenters. The van der Waals surface area contributed by atoms with Crippen molar-refractivity contribution in [2.75, 3.05) is 13.2 Å². The first-order chi connectivity index (χ1) is 41.0. The van der Waals surface area contributed by atoms with Crippen molar-refractivity contribution in [1.29, 1.82) is 0 Å². The molecule has 0 aromatic heterocycles. The minimum absolute atomic E-state index is 0.0218. The maximum absolute atomic E-state index is 12.6. The fraction of sp³-hybridized carbons (Fsp3) is 0.974. The number of aliphatic hydroxyl groups excluding tert-OH is 2. The number of carbonyl (C=O) groups excluding carboxylic acids is 2. The van der Waals surface area contributed by atoms with Crippen LogP contribution >= 0.6 is 0 Å². The van der Waals surface area contributed by atoms with Crippen molar-refractivity contribution in [2.24, 2.45) is 0 Å². The number of aliphatic hydroxyl groups is 2. The van der Waals surface area contributed by atoms with Crippen LogP contribution in [-0.4, -0.2) is 47.4 Å².